The maximum absolute atomic E-state index is 13.0. The van der Waals surface area contributed by atoms with Gasteiger partial charge in [0.15, 0.2) is 0 Å². The molecule has 2 saturated heterocycles. The van der Waals surface area contributed by atoms with Crippen molar-refractivity contribution in [1.29, 1.82) is 0 Å². The lowest BCUT2D eigenvalue weighted by molar-refractivity contribution is -0.140. The van der Waals surface area contributed by atoms with E-state index in [1.165, 1.54) is 24.1 Å². The van der Waals surface area contributed by atoms with Crippen LogP contribution in [-0.2, 0) is 14.3 Å². The molecular weight excluding hydrogens is 386 g/mol. The summed E-state index contributed by atoms with van der Waals surface area (Å²) in [5, 5.41) is 20.7. The molecule has 0 aromatic heterocycles. The second-order valence-electron chi connectivity index (χ2n) is 7.41. The Morgan fingerprint density at radius 1 is 1.13 bits per heavy atom. The molecule has 2 N–H and O–H groups in total. The Balaban J connectivity index is 1.80. The van der Waals surface area contributed by atoms with Crippen molar-refractivity contribution in [3.05, 3.63) is 65.2 Å². The van der Waals surface area contributed by atoms with Crippen LogP contribution in [0.3, 0.4) is 0 Å². The van der Waals surface area contributed by atoms with E-state index in [4.69, 9.17) is 9.47 Å². The van der Waals surface area contributed by atoms with Crippen LogP contribution in [0.2, 0.25) is 0 Å². The van der Waals surface area contributed by atoms with Crippen LogP contribution in [0.1, 0.15) is 30.0 Å². The number of carbonyl (C=O) groups is 2. The molecule has 0 aliphatic carbocycles. The van der Waals surface area contributed by atoms with Gasteiger partial charge in [-0.1, -0.05) is 12.1 Å². The number of rotatable bonds is 5. The minimum atomic E-state index is -0.767. The molecule has 0 radical (unpaired) electrons. The third-order valence-corrected chi connectivity index (χ3v) is 5.54. The van der Waals surface area contributed by atoms with Crippen LogP contribution in [0.4, 0.5) is 0 Å². The largest absolute Gasteiger partial charge is 0.508 e. The van der Waals surface area contributed by atoms with E-state index < -0.39 is 17.7 Å². The third kappa shape index (κ3) is 3.64. The number of phenolic OH excluding ortho intramolecular Hbond substituents is 1. The van der Waals surface area contributed by atoms with E-state index in [-0.39, 0.29) is 29.7 Å². The second-order valence-corrected chi connectivity index (χ2v) is 7.41. The first-order chi connectivity index (χ1) is 14.5. The Labute approximate surface area is 174 Å². The van der Waals surface area contributed by atoms with Crippen molar-refractivity contribution in [3.63, 3.8) is 0 Å². The van der Waals surface area contributed by atoms with Crippen molar-refractivity contribution in [3.8, 4) is 11.5 Å². The highest BCUT2D eigenvalue weighted by molar-refractivity contribution is 6.46. The van der Waals surface area contributed by atoms with Gasteiger partial charge in [-0.15, -0.1) is 0 Å². The zero-order valence-corrected chi connectivity index (χ0v) is 16.6. The highest BCUT2D eigenvalue weighted by Crippen LogP contribution is 2.40. The van der Waals surface area contributed by atoms with Gasteiger partial charge in [0.05, 0.1) is 24.8 Å². The number of nitrogens with zero attached hydrogens (tertiary/aromatic N) is 1. The fourth-order valence-corrected chi connectivity index (χ4v) is 3.98. The fraction of sp³-hybridized carbons (Fsp3) is 0.304. The predicted octanol–water partition coefficient (Wildman–Crippen LogP) is 3.00. The van der Waals surface area contributed by atoms with Gasteiger partial charge in [0.2, 0.25) is 0 Å². The van der Waals surface area contributed by atoms with Gasteiger partial charge in [-0.2, -0.15) is 0 Å². The van der Waals surface area contributed by atoms with Gasteiger partial charge >= 0.3 is 0 Å². The first kappa shape index (κ1) is 20.0. The van der Waals surface area contributed by atoms with Gasteiger partial charge in [0.1, 0.15) is 17.3 Å². The lowest BCUT2D eigenvalue weighted by atomic mass is 9.95. The van der Waals surface area contributed by atoms with Crippen molar-refractivity contribution in [2.24, 2.45) is 0 Å². The molecule has 30 heavy (non-hydrogen) atoms. The summed E-state index contributed by atoms with van der Waals surface area (Å²) < 4.78 is 10.8. The van der Waals surface area contributed by atoms with E-state index in [0.29, 0.717) is 23.5 Å². The first-order valence-corrected chi connectivity index (χ1v) is 9.83. The molecule has 0 unspecified atom stereocenters. The number of phenols is 1. The summed E-state index contributed by atoms with van der Waals surface area (Å²) in [6.45, 7) is 0.889. The number of aromatic hydroxyl groups is 1. The minimum Gasteiger partial charge on any atom is -0.508 e. The molecule has 2 fully saturated rings. The van der Waals surface area contributed by atoms with Gasteiger partial charge in [-0.05, 0) is 54.8 Å². The molecule has 0 bridgehead atoms. The Hall–Kier alpha value is -3.32. The van der Waals surface area contributed by atoms with Crippen molar-refractivity contribution in [2.75, 3.05) is 20.3 Å². The topological polar surface area (TPSA) is 96.3 Å². The molecule has 0 saturated carbocycles. The fourth-order valence-electron chi connectivity index (χ4n) is 3.98. The van der Waals surface area contributed by atoms with Crippen molar-refractivity contribution < 1.29 is 29.3 Å². The molecule has 7 nitrogen and oxygen atoms in total. The third-order valence-electron chi connectivity index (χ3n) is 5.54. The van der Waals surface area contributed by atoms with Gasteiger partial charge in [-0.3, -0.25) is 9.59 Å². The molecule has 2 aliphatic heterocycles. The van der Waals surface area contributed by atoms with Crippen LogP contribution in [0, 0.1) is 0 Å². The number of amides is 1. The monoisotopic (exact) mass is 409 g/mol. The van der Waals surface area contributed by atoms with Gasteiger partial charge in [0, 0.05) is 18.7 Å². The number of carbonyl (C=O) groups excluding carboxylic acids is 2. The van der Waals surface area contributed by atoms with E-state index in [2.05, 4.69) is 0 Å². The van der Waals surface area contributed by atoms with E-state index in [1.54, 1.807) is 36.4 Å². The molecule has 1 amide bonds. The average Bonchev–Trinajstić information content (AvgIpc) is 3.36. The number of aliphatic hydroxyl groups is 1. The Morgan fingerprint density at radius 3 is 2.43 bits per heavy atom. The van der Waals surface area contributed by atoms with Crippen LogP contribution < -0.4 is 4.74 Å². The number of aliphatic hydroxyl groups excluding tert-OH is 1. The van der Waals surface area contributed by atoms with E-state index in [1.807, 2.05) is 0 Å². The summed E-state index contributed by atoms with van der Waals surface area (Å²) in [5.41, 5.74) is 1.06. The number of hydrogen-bond donors (Lipinski definition) is 2. The Kier molecular flexibility index (Phi) is 5.46. The number of methoxy groups -OCH3 is 1. The molecular formula is C23H23NO6. The molecule has 2 heterocycles. The average molecular weight is 409 g/mol. The molecule has 2 aromatic rings. The van der Waals surface area contributed by atoms with Gasteiger partial charge in [-0.25, -0.2) is 0 Å². The number of ether oxygens (including phenoxy) is 2. The van der Waals surface area contributed by atoms with Crippen LogP contribution in [0.15, 0.2) is 54.1 Å². The zero-order valence-electron chi connectivity index (χ0n) is 16.6. The first-order valence-electron chi connectivity index (χ1n) is 9.83. The van der Waals surface area contributed by atoms with Crippen molar-refractivity contribution in [1.82, 2.24) is 4.90 Å². The molecule has 7 heteroatoms. The summed E-state index contributed by atoms with van der Waals surface area (Å²) in [6, 6.07) is 12.1. The molecule has 2 aromatic carbocycles. The standard InChI is InChI=1S/C23H23NO6/c1-29-17-10-6-15(7-11-17)21(26)19-20(14-4-8-16(25)9-5-14)24(23(28)22(19)27)13-18-3-2-12-30-18/h4-11,18,20,25-26H,2-3,12-13H2,1H3/t18-,20-/m0/s1. The Morgan fingerprint density at radius 2 is 1.83 bits per heavy atom. The van der Waals surface area contributed by atoms with Crippen LogP contribution in [0.5, 0.6) is 11.5 Å². The normalized spacial score (nSPS) is 23.2. The van der Waals surface area contributed by atoms with Crippen LogP contribution >= 0.6 is 0 Å². The molecule has 0 spiro atoms. The zero-order chi connectivity index (χ0) is 21.3. The smallest absolute Gasteiger partial charge is 0.295 e. The van der Waals surface area contributed by atoms with E-state index >= 15 is 0 Å². The lowest BCUT2D eigenvalue weighted by Crippen LogP contribution is -2.36. The maximum atomic E-state index is 13.0. The summed E-state index contributed by atoms with van der Waals surface area (Å²) in [7, 11) is 1.54. The Bertz CT molecular complexity index is 974. The molecule has 2 atom stereocenters. The summed E-state index contributed by atoms with van der Waals surface area (Å²) in [5.74, 6) is -0.965. The summed E-state index contributed by atoms with van der Waals surface area (Å²) in [4.78, 5) is 27.3. The van der Waals surface area contributed by atoms with Crippen LogP contribution in [-0.4, -0.2) is 53.2 Å². The maximum Gasteiger partial charge on any atom is 0.295 e. The van der Waals surface area contributed by atoms with Gasteiger partial charge in [0.25, 0.3) is 11.7 Å². The summed E-state index contributed by atoms with van der Waals surface area (Å²) >= 11 is 0. The lowest BCUT2D eigenvalue weighted by Gasteiger charge is -2.27. The quantitative estimate of drug-likeness (QED) is 0.448. The second kappa shape index (κ2) is 8.20. The van der Waals surface area contributed by atoms with Crippen molar-refractivity contribution in [2.45, 2.75) is 25.0 Å². The SMILES string of the molecule is COc1ccc(C(O)=C2C(=O)C(=O)N(C[C@@H]3CCCO3)[C@H]2c2ccc(O)cc2)cc1. The molecule has 2 aliphatic rings. The molecule has 156 valence electrons. The predicted molar refractivity (Wildman–Crippen MR) is 109 cm³/mol. The number of likely N-dealkylation sites (tertiary alicyclic amines) is 1. The number of Topliss-reactive ketones (excluding diaryl/α,β-unsaturated/α-hetero) is 1. The highest BCUT2D eigenvalue weighted by atomic mass is 16.5. The molecule has 4 rings (SSSR count). The van der Waals surface area contributed by atoms with E-state index in [9.17, 15) is 19.8 Å². The summed E-state index contributed by atoms with van der Waals surface area (Å²) in [6.07, 6.45) is 1.57. The van der Waals surface area contributed by atoms with Gasteiger partial charge < -0.3 is 24.6 Å². The number of ketones is 1. The van der Waals surface area contributed by atoms with E-state index in [0.717, 1.165) is 12.8 Å². The minimum absolute atomic E-state index is 0.0221. The highest BCUT2D eigenvalue weighted by Gasteiger charge is 2.47. The number of hydrogen-bond acceptors (Lipinski definition) is 6. The van der Waals surface area contributed by atoms with Crippen LogP contribution in [0.25, 0.3) is 5.76 Å². The van der Waals surface area contributed by atoms with Crippen molar-refractivity contribution >= 4 is 17.4 Å². The number of benzene rings is 2.